The first-order valence-electron chi connectivity index (χ1n) is 14.1. The zero-order valence-corrected chi connectivity index (χ0v) is 24.8. The Balaban J connectivity index is 0.00000529. The lowest BCUT2D eigenvalue weighted by Gasteiger charge is -2.38. The van der Waals surface area contributed by atoms with E-state index in [9.17, 15) is 28.0 Å². The Morgan fingerprint density at radius 1 is 1.19 bits per heavy atom. The molecule has 0 aliphatic carbocycles. The number of pyridine rings is 1. The number of hydrogen-bond donors (Lipinski definition) is 1. The third-order valence-electron chi connectivity index (χ3n) is 7.29. The number of carbonyl (C=O) groups is 3. The molecule has 0 spiro atoms. The number of benzene rings is 1. The van der Waals surface area contributed by atoms with Gasteiger partial charge in [0.15, 0.2) is 5.69 Å². The molecule has 11 nitrogen and oxygen atoms in total. The summed E-state index contributed by atoms with van der Waals surface area (Å²) in [7, 11) is 0. The van der Waals surface area contributed by atoms with E-state index in [0.29, 0.717) is 24.6 Å². The number of hydrogen-bond acceptors (Lipinski definition) is 8. The van der Waals surface area contributed by atoms with Crippen LogP contribution in [0.5, 0.6) is 5.75 Å². The maximum atomic E-state index is 14.2. The van der Waals surface area contributed by atoms with Gasteiger partial charge in [-0.15, -0.1) is 0 Å². The summed E-state index contributed by atoms with van der Waals surface area (Å²) < 4.78 is 39.8. The highest BCUT2D eigenvalue weighted by atomic mass is 19.1. The van der Waals surface area contributed by atoms with E-state index in [1.54, 1.807) is 18.7 Å². The van der Waals surface area contributed by atoms with E-state index in [0.717, 1.165) is 6.07 Å². The molecule has 1 aromatic carbocycles. The first-order chi connectivity index (χ1) is 20.4. The number of oxime groups is 1. The van der Waals surface area contributed by atoms with Crippen LogP contribution in [-0.4, -0.2) is 58.4 Å². The van der Waals surface area contributed by atoms with Gasteiger partial charge in [0.25, 0.3) is 11.8 Å². The van der Waals surface area contributed by atoms with Gasteiger partial charge in [0.1, 0.15) is 23.3 Å². The summed E-state index contributed by atoms with van der Waals surface area (Å²) in [5.74, 6) is -3.98. The van der Waals surface area contributed by atoms with Gasteiger partial charge in [-0.3, -0.25) is 19.2 Å². The number of aromatic nitrogens is 1. The Morgan fingerprint density at radius 3 is 2.60 bits per heavy atom. The summed E-state index contributed by atoms with van der Waals surface area (Å²) >= 11 is 0. The maximum Gasteiger partial charge on any atom is 0.308 e. The second-order valence-electron chi connectivity index (χ2n) is 11.4. The van der Waals surface area contributed by atoms with E-state index in [1.807, 2.05) is 20.8 Å². The Bertz CT molecular complexity index is 1490. The largest absolute Gasteiger partial charge is 0.451 e. The zero-order chi connectivity index (χ0) is 31.4. The van der Waals surface area contributed by atoms with Crippen LogP contribution in [0.4, 0.5) is 8.78 Å². The SMILES string of the molecule is CC(C)=NO[C@@H]1CC[C@H](C)N2C[C@H]1n1cc(C(=O)NCc3ccc(F)cc3F)c(=O)c(OCOC(=O)CC(C)C)c1C2=O.[HH]. The fourth-order valence-electron chi connectivity index (χ4n) is 5.09. The molecule has 0 unspecified atom stereocenters. The van der Waals surface area contributed by atoms with E-state index in [-0.39, 0.29) is 49.7 Å². The number of esters is 1. The number of halogens is 2. The Hall–Kier alpha value is -4.29. The predicted molar refractivity (Wildman–Crippen MR) is 154 cm³/mol. The van der Waals surface area contributed by atoms with Gasteiger partial charge in [-0.25, -0.2) is 8.78 Å². The van der Waals surface area contributed by atoms with Crippen molar-refractivity contribution < 1.29 is 38.9 Å². The lowest BCUT2D eigenvalue weighted by molar-refractivity contribution is -0.151. The average Bonchev–Trinajstić information content (AvgIpc) is 3.07. The fourth-order valence-corrected chi connectivity index (χ4v) is 5.09. The number of fused-ring (bicyclic) bond motifs is 4. The summed E-state index contributed by atoms with van der Waals surface area (Å²) in [5, 5.41) is 6.61. The van der Waals surface area contributed by atoms with Gasteiger partial charge in [-0.05, 0) is 45.6 Å². The molecule has 0 saturated carbocycles. The summed E-state index contributed by atoms with van der Waals surface area (Å²) in [6.45, 7) is 8.35. The number of amides is 2. The van der Waals surface area contributed by atoms with Gasteiger partial charge in [0.2, 0.25) is 18.0 Å². The zero-order valence-electron chi connectivity index (χ0n) is 24.8. The van der Waals surface area contributed by atoms with E-state index < -0.39 is 59.5 Å². The van der Waals surface area contributed by atoms with Crippen molar-refractivity contribution in [3.63, 3.8) is 0 Å². The van der Waals surface area contributed by atoms with Crippen LogP contribution >= 0.6 is 0 Å². The van der Waals surface area contributed by atoms with Crippen molar-refractivity contribution in [3.8, 4) is 5.75 Å². The molecule has 0 radical (unpaired) electrons. The number of carbonyl (C=O) groups excluding carboxylic acids is 3. The lowest BCUT2D eigenvalue weighted by Crippen LogP contribution is -2.49. The summed E-state index contributed by atoms with van der Waals surface area (Å²) in [6, 6.07) is 2.18. The normalized spacial score (nSPS) is 19.3. The van der Waals surface area contributed by atoms with Crippen LogP contribution in [0.3, 0.4) is 0 Å². The molecule has 1 N–H and O–H groups in total. The number of nitrogens with zero attached hydrogens (tertiary/aromatic N) is 3. The second-order valence-corrected chi connectivity index (χ2v) is 11.4. The number of ether oxygens (including phenoxy) is 2. The topological polar surface area (TPSA) is 129 Å². The molecule has 2 aliphatic rings. The maximum absolute atomic E-state index is 14.2. The molecule has 3 heterocycles. The molecule has 13 heteroatoms. The van der Waals surface area contributed by atoms with E-state index in [1.165, 1.54) is 16.8 Å². The van der Waals surface area contributed by atoms with Crippen molar-refractivity contribution in [1.82, 2.24) is 14.8 Å². The molecule has 2 aliphatic heterocycles. The van der Waals surface area contributed by atoms with E-state index in [2.05, 4.69) is 10.5 Å². The first-order valence-corrected chi connectivity index (χ1v) is 14.1. The van der Waals surface area contributed by atoms with Crippen molar-refractivity contribution >= 4 is 23.5 Å². The van der Waals surface area contributed by atoms with Crippen LogP contribution < -0.4 is 15.5 Å². The van der Waals surface area contributed by atoms with Crippen LogP contribution in [0.15, 0.2) is 34.3 Å². The summed E-state index contributed by atoms with van der Waals surface area (Å²) in [6.07, 6.45) is 2.00. The third kappa shape index (κ3) is 7.20. The Morgan fingerprint density at radius 2 is 1.93 bits per heavy atom. The molecule has 2 amide bonds. The fraction of sp³-hybridized carbons (Fsp3) is 0.500. The summed E-state index contributed by atoms with van der Waals surface area (Å²) in [4.78, 5) is 60.4. The molecule has 1 saturated heterocycles. The smallest absolute Gasteiger partial charge is 0.308 e. The van der Waals surface area contributed by atoms with Crippen LogP contribution in [0.2, 0.25) is 0 Å². The third-order valence-corrected chi connectivity index (χ3v) is 7.29. The van der Waals surface area contributed by atoms with Gasteiger partial charge < -0.3 is 29.1 Å². The second kappa shape index (κ2) is 13.3. The highest BCUT2D eigenvalue weighted by Crippen LogP contribution is 2.36. The van der Waals surface area contributed by atoms with Gasteiger partial charge in [-0.1, -0.05) is 25.1 Å². The van der Waals surface area contributed by atoms with Crippen molar-refractivity contribution in [2.45, 2.75) is 78.6 Å². The predicted octanol–water partition coefficient (Wildman–Crippen LogP) is 4.19. The van der Waals surface area contributed by atoms with Crippen LogP contribution in [0.1, 0.15) is 87.8 Å². The minimum atomic E-state index is -0.913. The van der Waals surface area contributed by atoms with Gasteiger partial charge in [0.05, 0.1) is 11.8 Å². The lowest BCUT2D eigenvalue weighted by atomic mass is 10.0. The molecule has 1 fully saturated rings. The molecule has 234 valence electrons. The monoisotopic (exact) mass is 604 g/mol. The highest BCUT2D eigenvalue weighted by molar-refractivity contribution is 5.99. The molecule has 4 rings (SSSR count). The van der Waals surface area contributed by atoms with Crippen molar-refractivity contribution in [1.29, 1.82) is 0 Å². The Labute approximate surface area is 249 Å². The van der Waals surface area contributed by atoms with Crippen LogP contribution in [0.25, 0.3) is 0 Å². The molecule has 2 aromatic rings. The van der Waals surface area contributed by atoms with Crippen LogP contribution in [-0.2, 0) is 20.9 Å². The Kier molecular flexibility index (Phi) is 9.82. The molecular weight excluding hydrogens is 566 g/mol. The summed E-state index contributed by atoms with van der Waals surface area (Å²) in [5.41, 5.74) is -0.722. The standard InChI is InChI=1S/C30H36F2N4O7.H2/c1-16(2)10-25(37)41-15-42-28-26-30(40)35-14-23(24(9-6-18(35)5)43-34-17(3)4)36(26)13-21(27(28)38)29(39)33-12-19-7-8-20(31)11-22(19)32;/h7-8,11,13,16,18,23-24H,6,9-10,12,14-15H2,1-5H3,(H,33,39);1H/t18-,23+,24+;/m0./s1. The number of rotatable bonds is 10. The van der Waals surface area contributed by atoms with E-state index >= 15 is 0 Å². The molecular formula is C30H38F2N4O7. The minimum Gasteiger partial charge on any atom is -0.451 e. The first kappa shape index (κ1) is 31.6. The number of nitrogens with one attached hydrogen (secondary N) is 1. The van der Waals surface area contributed by atoms with Crippen molar-refractivity contribution in [3.05, 3.63) is 63.1 Å². The van der Waals surface area contributed by atoms with Gasteiger partial charge in [-0.2, -0.15) is 0 Å². The van der Waals surface area contributed by atoms with Crippen LogP contribution in [0, 0.1) is 17.6 Å². The van der Waals surface area contributed by atoms with Gasteiger partial charge >= 0.3 is 5.97 Å². The van der Waals surface area contributed by atoms with Crippen molar-refractivity contribution in [2.75, 3.05) is 13.3 Å². The molecule has 43 heavy (non-hydrogen) atoms. The molecule has 1 aromatic heterocycles. The quantitative estimate of drug-likeness (QED) is 0.186. The molecule has 2 bridgehead atoms. The van der Waals surface area contributed by atoms with E-state index in [4.69, 9.17) is 14.3 Å². The highest BCUT2D eigenvalue weighted by Gasteiger charge is 2.44. The average molecular weight is 605 g/mol. The van der Waals surface area contributed by atoms with Crippen molar-refractivity contribution in [2.24, 2.45) is 11.1 Å². The molecule has 3 atom stereocenters. The van der Waals surface area contributed by atoms with Gasteiger partial charge in [0, 0.05) is 44.8 Å². The minimum absolute atomic E-state index is 0.